The highest BCUT2D eigenvalue weighted by molar-refractivity contribution is 5.73. The second-order valence-electron chi connectivity index (χ2n) is 11.0. The first-order valence-corrected chi connectivity index (χ1v) is 15.2. The maximum Gasteiger partial charge on any atom is 0.416 e. The van der Waals surface area contributed by atoms with Crippen molar-refractivity contribution in [3.05, 3.63) is 130 Å². The summed E-state index contributed by atoms with van der Waals surface area (Å²) in [7, 11) is 0. The van der Waals surface area contributed by atoms with E-state index < -0.39 is 35.5 Å². The molecule has 0 aliphatic carbocycles. The molecule has 50 heavy (non-hydrogen) atoms. The standard InChI is InChI=1S/C38H32F6N2O4/c39-37(40,41)31-17-13-27(14-18-31)7-5-23-49-34-11-3-1-9-29(34)25-46(22-21-33(45)36(47)48)26-30-10-2-4-12-35(30)50-24-6-8-28-15-19-32(20-16-28)38(42,43)44/h1-4,9-20,33H,21-26,45H2,(H,47,48)/t33-/m0/s1. The molecule has 0 radical (unpaired) electrons. The first-order valence-electron chi connectivity index (χ1n) is 15.2. The molecule has 260 valence electrons. The highest BCUT2D eigenvalue weighted by Gasteiger charge is 2.30. The van der Waals surface area contributed by atoms with Crippen LogP contribution in [-0.2, 0) is 30.2 Å². The van der Waals surface area contributed by atoms with Gasteiger partial charge in [0.1, 0.15) is 30.8 Å². The van der Waals surface area contributed by atoms with Crippen molar-refractivity contribution < 1.29 is 45.7 Å². The summed E-state index contributed by atoms with van der Waals surface area (Å²) in [5.74, 6) is 11.1. The molecule has 0 bridgehead atoms. The average Bonchev–Trinajstić information content (AvgIpc) is 3.08. The quantitative estimate of drug-likeness (QED) is 0.119. The number of halogens is 6. The smallest absolute Gasteiger partial charge is 0.416 e. The SMILES string of the molecule is N[C@@H](CCN(Cc1ccccc1OCC#Cc1ccc(C(F)(F)F)cc1)Cc1ccccc1OCC#Cc1ccc(C(F)(F)F)cc1)C(=O)O. The molecular formula is C38H32F6N2O4. The minimum atomic E-state index is -4.43. The fourth-order valence-corrected chi connectivity index (χ4v) is 4.68. The van der Waals surface area contributed by atoms with Gasteiger partial charge >= 0.3 is 18.3 Å². The Morgan fingerprint density at radius 3 is 1.46 bits per heavy atom. The van der Waals surface area contributed by atoms with Crippen LogP contribution in [0.25, 0.3) is 0 Å². The number of nitrogens with two attached hydrogens (primary N) is 1. The monoisotopic (exact) mass is 694 g/mol. The van der Waals surface area contributed by atoms with Crippen LogP contribution in [0.1, 0.15) is 39.8 Å². The van der Waals surface area contributed by atoms with Gasteiger partial charge in [0.05, 0.1) is 11.1 Å². The normalized spacial score (nSPS) is 11.9. The van der Waals surface area contributed by atoms with Crippen LogP contribution in [-0.4, -0.2) is 41.8 Å². The molecule has 0 unspecified atom stereocenters. The molecule has 0 amide bonds. The van der Waals surface area contributed by atoms with Crippen molar-refractivity contribution in [2.75, 3.05) is 19.8 Å². The summed E-state index contributed by atoms with van der Waals surface area (Å²) < 4.78 is 88.8. The number of benzene rings is 4. The van der Waals surface area contributed by atoms with Gasteiger partial charge in [0, 0.05) is 41.9 Å². The molecule has 0 fully saturated rings. The zero-order chi connectivity index (χ0) is 36.1. The number of hydrogen-bond acceptors (Lipinski definition) is 5. The van der Waals surface area contributed by atoms with E-state index in [9.17, 15) is 36.2 Å². The third kappa shape index (κ3) is 11.6. The van der Waals surface area contributed by atoms with E-state index in [1.807, 2.05) is 29.2 Å². The Hall–Kier alpha value is -5.43. The lowest BCUT2D eigenvalue weighted by Gasteiger charge is -2.25. The van der Waals surface area contributed by atoms with Crippen molar-refractivity contribution in [1.82, 2.24) is 4.90 Å². The van der Waals surface area contributed by atoms with Gasteiger partial charge in [-0.05, 0) is 67.1 Å². The number of hydrogen-bond donors (Lipinski definition) is 2. The van der Waals surface area contributed by atoms with Gasteiger partial charge in [-0.2, -0.15) is 26.3 Å². The van der Waals surface area contributed by atoms with E-state index in [1.165, 1.54) is 24.3 Å². The van der Waals surface area contributed by atoms with Crippen LogP contribution >= 0.6 is 0 Å². The molecular weight excluding hydrogens is 662 g/mol. The molecule has 0 aromatic heterocycles. The van der Waals surface area contributed by atoms with Crippen molar-refractivity contribution in [3.8, 4) is 35.2 Å². The fourth-order valence-electron chi connectivity index (χ4n) is 4.68. The summed E-state index contributed by atoms with van der Waals surface area (Å²) in [4.78, 5) is 13.4. The van der Waals surface area contributed by atoms with Gasteiger partial charge in [-0.3, -0.25) is 9.69 Å². The third-order valence-corrected chi connectivity index (χ3v) is 7.30. The summed E-state index contributed by atoms with van der Waals surface area (Å²) >= 11 is 0. The van der Waals surface area contributed by atoms with Gasteiger partial charge in [-0.1, -0.05) is 60.1 Å². The van der Waals surface area contributed by atoms with Gasteiger partial charge in [0.15, 0.2) is 0 Å². The van der Waals surface area contributed by atoms with E-state index in [0.717, 1.165) is 35.4 Å². The van der Waals surface area contributed by atoms with Crippen molar-refractivity contribution in [3.63, 3.8) is 0 Å². The van der Waals surface area contributed by atoms with Crippen LogP contribution in [0.3, 0.4) is 0 Å². The van der Waals surface area contributed by atoms with E-state index in [-0.39, 0.29) is 19.6 Å². The highest BCUT2D eigenvalue weighted by atomic mass is 19.4. The van der Waals surface area contributed by atoms with Gasteiger partial charge in [-0.15, -0.1) is 0 Å². The van der Waals surface area contributed by atoms with Crippen molar-refractivity contribution in [1.29, 1.82) is 0 Å². The van der Waals surface area contributed by atoms with Gasteiger partial charge in [0.25, 0.3) is 0 Å². The van der Waals surface area contributed by atoms with Crippen LogP contribution in [0.15, 0.2) is 97.1 Å². The second-order valence-corrected chi connectivity index (χ2v) is 11.0. The molecule has 1 atom stereocenters. The Kier molecular flexibility index (Phi) is 12.9. The van der Waals surface area contributed by atoms with Crippen LogP contribution < -0.4 is 15.2 Å². The summed E-state index contributed by atoms with van der Waals surface area (Å²) in [5, 5.41) is 9.36. The first-order chi connectivity index (χ1) is 23.8. The number of aliphatic carboxylic acids is 1. The lowest BCUT2D eigenvalue weighted by atomic mass is 10.1. The fraction of sp³-hybridized carbons (Fsp3) is 0.237. The summed E-state index contributed by atoms with van der Waals surface area (Å²) in [6.07, 6.45) is -8.72. The largest absolute Gasteiger partial charge is 0.481 e. The first kappa shape index (κ1) is 37.4. The molecule has 0 heterocycles. The lowest BCUT2D eigenvalue weighted by molar-refractivity contribution is -0.139. The summed E-state index contributed by atoms with van der Waals surface area (Å²) in [5.41, 5.74) is 6.64. The van der Waals surface area contributed by atoms with Crippen molar-refractivity contribution in [2.45, 2.75) is 37.9 Å². The maximum atomic E-state index is 12.8. The number of para-hydroxylation sites is 2. The lowest BCUT2D eigenvalue weighted by Crippen LogP contribution is -2.35. The summed E-state index contributed by atoms with van der Waals surface area (Å²) in [6, 6.07) is 22.3. The van der Waals surface area contributed by atoms with Crippen LogP contribution in [0, 0.1) is 23.7 Å². The molecule has 0 aliphatic heterocycles. The topological polar surface area (TPSA) is 85.0 Å². The number of rotatable bonds is 12. The highest BCUT2D eigenvalue weighted by Crippen LogP contribution is 2.30. The molecule has 4 aromatic carbocycles. The average molecular weight is 695 g/mol. The number of ether oxygens (including phenoxy) is 2. The van der Waals surface area contributed by atoms with Crippen LogP contribution in [0.5, 0.6) is 11.5 Å². The minimum absolute atomic E-state index is 0.0356. The molecule has 12 heteroatoms. The number of carbonyl (C=O) groups is 1. The Bertz CT molecular complexity index is 1730. The molecule has 0 saturated heterocycles. The van der Waals surface area contributed by atoms with E-state index in [4.69, 9.17) is 15.2 Å². The Balaban J connectivity index is 1.44. The second kappa shape index (κ2) is 17.3. The molecule has 6 nitrogen and oxygen atoms in total. The molecule has 3 N–H and O–H groups in total. The van der Waals surface area contributed by atoms with Crippen LogP contribution in [0.4, 0.5) is 26.3 Å². The number of alkyl halides is 6. The molecule has 4 rings (SSSR count). The van der Waals surface area contributed by atoms with E-state index in [2.05, 4.69) is 23.7 Å². The van der Waals surface area contributed by atoms with E-state index in [0.29, 0.717) is 42.3 Å². The zero-order valence-electron chi connectivity index (χ0n) is 26.5. The third-order valence-electron chi connectivity index (χ3n) is 7.30. The van der Waals surface area contributed by atoms with Gasteiger partial charge in [-0.25, -0.2) is 0 Å². The summed E-state index contributed by atoms with van der Waals surface area (Å²) in [6.45, 7) is 0.892. The molecule has 4 aromatic rings. The molecule has 0 saturated carbocycles. The van der Waals surface area contributed by atoms with E-state index in [1.54, 1.807) is 24.3 Å². The number of carboxylic acids is 1. The van der Waals surface area contributed by atoms with Crippen molar-refractivity contribution in [2.24, 2.45) is 5.73 Å². The number of nitrogens with zero attached hydrogens (tertiary/aromatic N) is 1. The van der Waals surface area contributed by atoms with Gasteiger partial charge < -0.3 is 20.3 Å². The van der Waals surface area contributed by atoms with Gasteiger partial charge in [0.2, 0.25) is 0 Å². The van der Waals surface area contributed by atoms with Crippen LogP contribution in [0.2, 0.25) is 0 Å². The van der Waals surface area contributed by atoms with E-state index >= 15 is 0 Å². The molecule has 0 spiro atoms. The predicted molar refractivity (Wildman–Crippen MR) is 175 cm³/mol. The number of carboxylic acid groups (broad SMARTS) is 1. The molecule has 0 aliphatic rings. The Morgan fingerprint density at radius 1 is 0.680 bits per heavy atom. The maximum absolute atomic E-state index is 12.8. The Labute approximate surface area is 285 Å². The zero-order valence-corrected chi connectivity index (χ0v) is 26.5. The van der Waals surface area contributed by atoms with Crippen molar-refractivity contribution >= 4 is 5.97 Å². The minimum Gasteiger partial charge on any atom is -0.481 e. The predicted octanol–water partition coefficient (Wildman–Crippen LogP) is 7.39. The Morgan fingerprint density at radius 2 is 1.08 bits per heavy atom.